The Morgan fingerprint density at radius 1 is 1.29 bits per heavy atom. The molecule has 1 aliphatic rings. The van der Waals surface area contributed by atoms with Crippen molar-refractivity contribution in [2.24, 2.45) is 5.92 Å². The molecular weight excluding hydrogens is 210 g/mol. The van der Waals surface area contributed by atoms with Crippen molar-refractivity contribution in [1.82, 2.24) is 5.32 Å². The predicted octanol–water partition coefficient (Wildman–Crippen LogP) is 3.75. The summed E-state index contributed by atoms with van der Waals surface area (Å²) in [4.78, 5) is 0. The molecule has 0 amide bonds. The quantitative estimate of drug-likeness (QED) is 0.653. The van der Waals surface area contributed by atoms with Gasteiger partial charge in [0, 0.05) is 0 Å². The van der Waals surface area contributed by atoms with Crippen molar-refractivity contribution in [3.63, 3.8) is 0 Å². The van der Waals surface area contributed by atoms with Crippen molar-refractivity contribution in [3.05, 3.63) is 0 Å². The molecule has 0 aromatic heterocycles. The van der Waals surface area contributed by atoms with E-state index in [-0.39, 0.29) is 0 Å². The number of hydrogen-bond acceptors (Lipinski definition) is 2. The van der Waals surface area contributed by atoms with E-state index in [2.05, 4.69) is 26.1 Å². The second-order valence-corrected chi connectivity index (χ2v) is 5.51. The second kappa shape index (κ2) is 8.93. The lowest BCUT2D eigenvalue weighted by molar-refractivity contribution is -0.0360. The van der Waals surface area contributed by atoms with Crippen LogP contribution in [0.3, 0.4) is 0 Å². The Labute approximate surface area is 108 Å². The fourth-order valence-electron chi connectivity index (χ4n) is 2.82. The Morgan fingerprint density at radius 3 is 2.82 bits per heavy atom. The van der Waals surface area contributed by atoms with Gasteiger partial charge in [-0.05, 0) is 51.6 Å². The molecular formula is C15H31NO. The van der Waals surface area contributed by atoms with Crippen LogP contribution >= 0.6 is 0 Å². The van der Waals surface area contributed by atoms with E-state index in [9.17, 15) is 0 Å². The summed E-state index contributed by atoms with van der Waals surface area (Å²) in [5, 5.41) is 3.37. The molecule has 1 fully saturated rings. The number of hydrogen-bond donors (Lipinski definition) is 1. The summed E-state index contributed by atoms with van der Waals surface area (Å²) >= 11 is 0. The molecule has 0 aromatic carbocycles. The van der Waals surface area contributed by atoms with Crippen LogP contribution in [0.1, 0.15) is 65.7 Å². The van der Waals surface area contributed by atoms with Gasteiger partial charge in [0.25, 0.3) is 0 Å². The number of nitrogens with one attached hydrogen (secondary N) is 1. The lowest BCUT2D eigenvalue weighted by Crippen LogP contribution is -2.27. The maximum absolute atomic E-state index is 6.18. The highest BCUT2D eigenvalue weighted by molar-refractivity contribution is 4.73. The summed E-state index contributed by atoms with van der Waals surface area (Å²) in [5.41, 5.74) is 0. The van der Waals surface area contributed by atoms with Gasteiger partial charge >= 0.3 is 0 Å². The molecule has 0 aromatic rings. The van der Waals surface area contributed by atoms with Crippen LogP contribution in [0.2, 0.25) is 0 Å². The third-order valence-corrected chi connectivity index (χ3v) is 3.95. The SMILES string of the molecule is CCNCCCC(C)OC1CCCC(CC)C1. The van der Waals surface area contributed by atoms with Gasteiger partial charge in [-0.15, -0.1) is 0 Å². The highest BCUT2D eigenvalue weighted by atomic mass is 16.5. The topological polar surface area (TPSA) is 21.3 Å². The zero-order valence-electron chi connectivity index (χ0n) is 12.0. The van der Waals surface area contributed by atoms with Crippen LogP contribution in [0.15, 0.2) is 0 Å². The first-order valence-corrected chi connectivity index (χ1v) is 7.62. The molecule has 1 aliphatic carbocycles. The molecule has 0 radical (unpaired) electrons. The van der Waals surface area contributed by atoms with Crippen LogP contribution in [0.5, 0.6) is 0 Å². The van der Waals surface area contributed by atoms with E-state index in [1.807, 2.05) is 0 Å². The van der Waals surface area contributed by atoms with Crippen molar-refractivity contribution in [2.75, 3.05) is 13.1 Å². The van der Waals surface area contributed by atoms with Crippen LogP contribution in [-0.4, -0.2) is 25.3 Å². The third-order valence-electron chi connectivity index (χ3n) is 3.95. The Morgan fingerprint density at radius 2 is 2.12 bits per heavy atom. The molecule has 3 atom stereocenters. The average molecular weight is 241 g/mol. The molecule has 0 aliphatic heterocycles. The van der Waals surface area contributed by atoms with Gasteiger partial charge in [-0.1, -0.05) is 33.1 Å². The zero-order valence-corrected chi connectivity index (χ0v) is 12.0. The van der Waals surface area contributed by atoms with E-state index in [1.165, 1.54) is 44.9 Å². The standard InChI is InChI=1S/C15H31NO/c1-4-14-9-6-10-15(12-14)17-13(3)8-7-11-16-5-2/h13-16H,4-12H2,1-3H3. The predicted molar refractivity (Wildman–Crippen MR) is 74.4 cm³/mol. The van der Waals surface area contributed by atoms with Crippen LogP contribution in [0.25, 0.3) is 0 Å². The third kappa shape index (κ3) is 6.42. The largest absolute Gasteiger partial charge is 0.375 e. The molecule has 0 bridgehead atoms. The molecule has 1 saturated carbocycles. The smallest absolute Gasteiger partial charge is 0.0581 e. The van der Waals surface area contributed by atoms with E-state index in [4.69, 9.17) is 4.74 Å². The van der Waals surface area contributed by atoms with Crippen molar-refractivity contribution >= 4 is 0 Å². The van der Waals surface area contributed by atoms with E-state index >= 15 is 0 Å². The maximum Gasteiger partial charge on any atom is 0.0581 e. The average Bonchev–Trinajstić information content (AvgIpc) is 2.35. The molecule has 0 saturated heterocycles. The van der Waals surface area contributed by atoms with Crippen LogP contribution < -0.4 is 5.32 Å². The zero-order chi connectivity index (χ0) is 12.5. The Hall–Kier alpha value is -0.0800. The van der Waals surface area contributed by atoms with Crippen molar-refractivity contribution in [3.8, 4) is 0 Å². The van der Waals surface area contributed by atoms with E-state index in [0.717, 1.165) is 19.0 Å². The van der Waals surface area contributed by atoms with Gasteiger partial charge in [0.15, 0.2) is 0 Å². The summed E-state index contributed by atoms with van der Waals surface area (Å²) in [6.07, 6.45) is 10.1. The molecule has 1 rings (SSSR count). The first-order valence-electron chi connectivity index (χ1n) is 7.62. The molecule has 2 heteroatoms. The minimum absolute atomic E-state index is 0.439. The first-order chi connectivity index (χ1) is 8.26. The van der Waals surface area contributed by atoms with Gasteiger partial charge in [0.1, 0.15) is 0 Å². The van der Waals surface area contributed by atoms with Crippen molar-refractivity contribution in [2.45, 2.75) is 77.9 Å². The second-order valence-electron chi connectivity index (χ2n) is 5.51. The lowest BCUT2D eigenvalue weighted by Gasteiger charge is -2.30. The monoisotopic (exact) mass is 241 g/mol. The minimum Gasteiger partial charge on any atom is -0.375 e. The molecule has 102 valence electrons. The maximum atomic E-state index is 6.18. The molecule has 0 spiro atoms. The van der Waals surface area contributed by atoms with Gasteiger partial charge < -0.3 is 10.1 Å². The van der Waals surface area contributed by atoms with Gasteiger partial charge in [0.05, 0.1) is 12.2 Å². The van der Waals surface area contributed by atoms with E-state index < -0.39 is 0 Å². The van der Waals surface area contributed by atoms with E-state index in [0.29, 0.717) is 12.2 Å². The summed E-state index contributed by atoms with van der Waals surface area (Å²) in [6.45, 7) is 8.92. The molecule has 3 unspecified atom stereocenters. The summed E-state index contributed by atoms with van der Waals surface area (Å²) in [6, 6.07) is 0. The van der Waals surface area contributed by atoms with Gasteiger partial charge in [-0.3, -0.25) is 0 Å². The van der Waals surface area contributed by atoms with Crippen molar-refractivity contribution < 1.29 is 4.74 Å². The van der Waals surface area contributed by atoms with Gasteiger partial charge in [0.2, 0.25) is 0 Å². The Balaban J connectivity index is 2.10. The Kier molecular flexibility index (Phi) is 7.87. The molecule has 2 nitrogen and oxygen atoms in total. The summed E-state index contributed by atoms with van der Waals surface area (Å²) in [7, 11) is 0. The minimum atomic E-state index is 0.439. The number of ether oxygens (including phenoxy) is 1. The van der Waals surface area contributed by atoms with Crippen LogP contribution in [0.4, 0.5) is 0 Å². The van der Waals surface area contributed by atoms with Crippen LogP contribution in [-0.2, 0) is 4.74 Å². The highest BCUT2D eigenvalue weighted by Gasteiger charge is 2.22. The number of rotatable bonds is 8. The van der Waals surface area contributed by atoms with Gasteiger partial charge in [-0.2, -0.15) is 0 Å². The van der Waals surface area contributed by atoms with E-state index in [1.54, 1.807) is 0 Å². The first kappa shape index (κ1) is 15.0. The normalized spacial score (nSPS) is 27.0. The molecule has 17 heavy (non-hydrogen) atoms. The lowest BCUT2D eigenvalue weighted by atomic mass is 9.85. The fraction of sp³-hybridized carbons (Fsp3) is 1.00. The van der Waals surface area contributed by atoms with Crippen molar-refractivity contribution in [1.29, 1.82) is 0 Å². The summed E-state index contributed by atoms with van der Waals surface area (Å²) < 4.78 is 6.18. The molecule has 1 N–H and O–H groups in total. The Bertz CT molecular complexity index is 184. The molecule has 0 heterocycles. The fourth-order valence-corrected chi connectivity index (χ4v) is 2.82. The van der Waals surface area contributed by atoms with Crippen LogP contribution in [0, 0.1) is 5.92 Å². The summed E-state index contributed by atoms with van der Waals surface area (Å²) in [5.74, 6) is 0.919. The highest BCUT2D eigenvalue weighted by Crippen LogP contribution is 2.29. The van der Waals surface area contributed by atoms with Gasteiger partial charge in [-0.25, -0.2) is 0 Å².